The number of carboxylic acid groups (broad SMARTS) is 1. The molecule has 142 heavy (non-hydrogen) atoms. The number of amides is 9. The second-order valence-electron chi connectivity index (χ2n) is 38.6. The number of halogens is 2. The van der Waals surface area contributed by atoms with Crippen LogP contribution in [0, 0.1) is 76.4 Å². The van der Waals surface area contributed by atoms with Crippen molar-refractivity contribution in [2.24, 2.45) is 76.6 Å². The van der Waals surface area contributed by atoms with Crippen LogP contribution in [0.25, 0.3) is 24.3 Å². The van der Waals surface area contributed by atoms with E-state index in [1.54, 1.807) is 34.5 Å². The van der Waals surface area contributed by atoms with Crippen LogP contribution in [-0.4, -0.2) is 199 Å². The summed E-state index contributed by atoms with van der Waals surface area (Å²) in [5.74, 6) is -2.66. The summed E-state index contributed by atoms with van der Waals surface area (Å²) in [4.78, 5) is 186. The van der Waals surface area contributed by atoms with Crippen LogP contribution in [0.3, 0.4) is 0 Å². The predicted octanol–water partition coefficient (Wildman–Crippen LogP) is 10.5. The molecule has 8 aliphatic carbocycles. The van der Waals surface area contributed by atoms with Crippen molar-refractivity contribution >= 4 is 137 Å². The number of nitrogens with zero attached hydrogens (tertiary/aromatic N) is 1. The van der Waals surface area contributed by atoms with E-state index in [-0.39, 0.29) is 145 Å². The number of hydrogen-bond donors (Lipinski definition) is 11. The Morgan fingerprint density at radius 3 is 0.965 bits per heavy atom. The van der Waals surface area contributed by atoms with Gasteiger partial charge < -0.3 is 87.5 Å². The first-order valence-electron chi connectivity index (χ1n) is 49.2. The summed E-state index contributed by atoms with van der Waals surface area (Å²) in [5.41, 5.74) is 21.2. The molecule has 33 nitrogen and oxygen atoms in total. The zero-order valence-electron chi connectivity index (χ0n) is 82.0. The number of fused-ring (bicyclic) bond motifs is 4. The smallest absolute Gasteiger partial charge is 0.326 e. The number of ketones is 3. The van der Waals surface area contributed by atoms with Crippen LogP contribution in [-0.2, 0) is 107 Å². The summed E-state index contributed by atoms with van der Waals surface area (Å²) in [7, 11) is 8.98. The lowest BCUT2D eigenvalue weighted by Crippen LogP contribution is -2.44. The van der Waals surface area contributed by atoms with Crippen LogP contribution >= 0.6 is 24.6 Å². The van der Waals surface area contributed by atoms with E-state index >= 15 is 0 Å². The molecule has 12 atom stereocenters. The zero-order chi connectivity index (χ0) is 102. The summed E-state index contributed by atoms with van der Waals surface area (Å²) < 4.78 is 41.2. The first-order chi connectivity index (χ1) is 67.9. The van der Waals surface area contributed by atoms with Crippen LogP contribution < -0.4 is 72.9 Å². The Bertz CT molecular complexity index is 5410. The van der Waals surface area contributed by atoms with Crippen LogP contribution in [0.1, 0.15) is 218 Å². The highest BCUT2D eigenvalue weighted by Crippen LogP contribution is 2.42. The average Bonchev–Trinajstić information content (AvgIpc) is 1.66. The van der Waals surface area contributed by atoms with Crippen LogP contribution in [0.4, 0.5) is 3.89 Å². The number of Topliss-reactive ketones (excluding diaryl/α,β-unsaturated/α-hetero) is 3. The van der Waals surface area contributed by atoms with Crippen LogP contribution in [0.5, 0.6) is 23.0 Å². The monoisotopic (exact) mass is 2000 g/mol. The minimum absolute atomic E-state index is 0. The van der Waals surface area contributed by atoms with Crippen molar-refractivity contribution in [2.45, 2.75) is 229 Å². The maximum absolute atomic E-state index is 13.4. The van der Waals surface area contributed by atoms with Gasteiger partial charge in [-0.3, -0.25) is 67.1 Å². The highest BCUT2D eigenvalue weighted by atomic mass is 35.5. The molecule has 4 aromatic carbocycles. The lowest BCUT2D eigenvalue weighted by Gasteiger charge is -2.26. The number of esters is 2. The highest BCUT2D eigenvalue weighted by Gasteiger charge is 2.42. The maximum Gasteiger partial charge on any atom is 0.326 e. The molecule has 5 unspecified atom stereocenters. The standard InChI is InChI=1S/C27H34N2O6.C26H33N3O5.C26H31N3O4.C17H19NO4.C9H16N2O3.CH3FS.ClH/c1-34-24-7-3-5-17-12-19(14-21(17)24)26(32)29-22(11-16-8-9-16)23(30)15-20(27(33)35-2)13-18-6-4-10-28-25(18)31;1-34-23-6-2-4-16-11-19(13-20(16)23)26(33)29-21(10-15-7-8-15)22(30)14-18(24(27)31)12-17-5-3-9-28-25(17)32;1-33-24-6-2-4-18-13-20(14-21(18)24)26(32)29-22(11-16-7-8-16)23(30)12-17(15-27)10-19-5-3-9-28-25(19)31;1-22-15-4-2-3-11-8-12(9-13(11)15)16(19)18-14(17(20)21)7-10-5-6-10;1-14-9(13)7(10)5-6-3-2-4-11-8(6)12;1-3-2;/h3,5,7,14,16,18,20,22H,4,6,8-13,15H2,1-2H3,(H,28,31)(H,29,32);2,4,6,13,15,17-18,21H,3,5,7-12,14H2,1H3,(H2,27,31)(H,28,32)(H,29,33);2,4,6,14,16-17,19,22H,3,5,7-13H2,1H3,(H,28,31)(H,29,32);2-4,9-10,14H,5-8H2,1H3,(H,18,19)(H,20,21);6-7H,2-5,10H2,1H3,(H,11,12);1H3;1H/t18-,20+,22?;17-,18+,21?;17?,19-,22?;;6-,7-;;/m000.0../s1. The molecule has 0 bridgehead atoms. The molecule has 4 aromatic rings. The van der Waals surface area contributed by atoms with Crippen molar-refractivity contribution in [1.82, 2.24) is 42.5 Å². The number of nitrogens with two attached hydrogens (primary N) is 2. The first-order valence-corrected chi connectivity index (χ1v) is 50.4. The van der Waals surface area contributed by atoms with Crippen LogP contribution in [0.2, 0.25) is 0 Å². The van der Waals surface area contributed by atoms with Gasteiger partial charge in [0.1, 0.15) is 35.1 Å². The van der Waals surface area contributed by atoms with Gasteiger partial charge in [-0.05, 0) is 197 Å². The molecule has 12 aliphatic rings. The second-order valence-corrected chi connectivity index (χ2v) is 38.9. The maximum atomic E-state index is 13.4. The summed E-state index contributed by atoms with van der Waals surface area (Å²) in [5, 5.41) is 41.6. The highest BCUT2D eigenvalue weighted by molar-refractivity contribution is 7.93. The minimum Gasteiger partial charge on any atom is -0.496 e. The van der Waals surface area contributed by atoms with Gasteiger partial charge in [0, 0.05) is 164 Å². The molecule has 0 spiro atoms. The van der Waals surface area contributed by atoms with Crippen LogP contribution in [0.15, 0.2) is 95.1 Å². The van der Waals surface area contributed by atoms with E-state index in [9.17, 15) is 86.2 Å². The van der Waals surface area contributed by atoms with Crippen molar-refractivity contribution in [1.29, 1.82) is 5.26 Å². The number of piperidine rings is 4. The number of hydrogen-bond acceptors (Lipinski definition) is 24. The number of methoxy groups -OCH3 is 6. The van der Waals surface area contributed by atoms with Crippen molar-refractivity contribution in [3.63, 3.8) is 0 Å². The molecule has 4 aliphatic heterocycles. The largest absolute Gasteiger partial charge is 0.496 e. The number of carboxylic acids is 1. The van der Waals surface area contributed by atoms with E-state index in [1.807, 2.05) is 91.0 Å². The molecule has 36 heteroatoms. The van der Waals surface area contributed by atoms with Gasteiger partial charge in [0.05, 0.1) is 78.7 Å². The molecule has 9 amide bonds. The average molecular weight is 2000 g/mol. The Labute approximate surface area is 839 Å². The van der Waals surface area contributed by atoms with Gasteiger partial charge in [-0.25, -0.2) is 4.79 Å². The number of rotatable bonds is 41. The van der Waals surface area contributed by atoms with Crippen molar-refractivity contribution < 1.29 is 109 Å². The van der Waals surface area contributed by atoms with Gasteiger partial charge in [-0.2, -0.15) is 9.15 Å². The van der Waals surface area contributed by atoms with E-state index in [2.05, 4.69) is 53.3 Å². The minimum atomic E-state index is -0.964. The summed E-state index contributed by atoms with van der Waals surface area (Å²) >= 11 is 0.250. The van der Waals surface area contributed by atoms with E-state index < -0.39 is 71.8 Å². The number of ether oxygens (including phenoxy) is 6. The Hall–Kier alpha value is -12.3. The number of benzene rings is 4. The number of aliphatic carboxylic acids is 1. The quantitative estimate of drug-likeness (QED) is 0.0184. The Kier molecular flexibility index (Phi) is 43.1. The molecule has 4 heterocycles. The molecule has 4 saturated carbocycles. The van der Waals surface area contributed by atoms with Crippen molar-refractivity contribution in [3.05, 3.63) is 140 Å². The molecule has 0 radical (unpaired) electrons. The Morgan fingerprint density at radius 2 is 0.690 bits per heavy atom. The van der Waals surface area contributed by atoms with Gasteiger partial charge in [0.2, 0.25) is 53.2 Å². The van der Waals surface area contributed by atoms with Gasteiger partial charge in [-0.1, -0.05) is 99.9 Å². The molecule has 13 N–H and O–H groups in total. The summed E-state index contributed by atoms with van der Waals surface area (Å²) in [6.07, 6.45) is 28.9. The molecule has 0 aromatic heterocycles. The number of nitriles is 1. The SMILES string of the molecule is COC(=O)[C@@H](CC(=O)C(CC1CC1)NC(=O)C1=Cc2c(cccc2OC)C1)C[C@@H]1CCCNC1=O.COC(=O)[C@@H](N)C[C@@H]1CCCNC1=O.COc1cccc2c1C=C(C(=O)NC(CC1CC1)C(=O)CC(C#N)C[C@@H]1CCCNC1=O)C2.COc1cccc2c1C=C(C(=O)NC(CC1CC1)C(=O)C[C@@H](C[C@@H]1CCCNC1=O)C(N)=O)C2.COc1cccc2c1C=C(C(=O)NC(CC1CC1)C(=O)O)C2.CSF.Cl. The Balaban J connectivity index is 0.000000186. The fourth-order valence-corrected chi connectivity index (χ4v) is 19.3. The topological polar surface area (TPSA) is 504 Å². The molecule has 4 saturated heterocycles. The van der Waals surface area contributed by atoms with E-state index in [0.717, 1.165) is 152 Å². The van der Waals surface area contributed by atoms with E-state index in [1.165, 1.54) is 20.5 Å². The molecule has 768 valence electrons. The molecule has 8 fully saturated rings. The third kappa shape index (κ3) is 32.9. The van der Waals surface area contributed by atoms with E-state index in [4.69, 9.17) is 35.2 Å². The Morgan fingerprint density at radius 1 is 0.415 bits per heavy atom. The lowest BCUT2D eigenvalue weighted by molar-refractivity contribution is -0.149. The number of primary amides is 1. The van der Waals surface area contributed by atoms with E-state index in [0.29, 0.717) is 154 Å². The van der Waals surface area contributed by atoms with Gasteiger partial charge in [0.15, 0.2) is 17.3 Å². The number of nitrogens with one attached hydrogen (secondary N) is 8. The second kappa shape index (κ2) is 54.8. The number of carbonyl (C=O) groups excluding carboxylic acids is 14. The third-order valence-electron chi connectivity index (χ3n) is 28.0. The first kappa shape index (κ1) is 112. The normalized spacial score (nSPS) is 20.2. The fourth-order valence-electron chi connectivity index (χ4n) is 19.3. The predicted molar refractivity (Wildman–Crippen MR) is 533 cm³/mol. The molecular formula is C106H137ClFN11O22S. The fraction of sp³-hybridized carbons (Fsp3) is 0.547. The number of carbonyl (C=O) groups is 15. The lowest BCUT2D eigenvalue weighted by atomic mass is 9.84. The van der Waals surface area contributed by atoms with Gasteiger partial charge in [-0.15, -0.1) is 12.4 Å². The summed E-state index contributed by atoms with van der Waals surface area (Å²) in [6, 6.07) is 21.6. The summed E-state index contributed by atoms with van der Waals surface area (Å²) in [6.45, 7) is 2.67. The van der Waals surface area contributed by atoms with Gasteiger partial charge in [0.25, 0.3) is 0 Å². The molecular weight excluding hydrogens is 1870 g/mol. The van der Waals surface area contributed by atoms with Gasteiger partial charge >= 0.3 is 17.9 Å². The third-order valence-corrected chi connectivity index (χ3v) is 28.0. The van der Waals surface area contributed by atoms with Crippen molar-refractivity contribution in [2.75, 3.05) is 75.1 Å². The molecule has 16 rings (SSSR count). The zero-order valence-corrected chi connectivity index (χ0v) is 83.7. The van der Waals surface area contributed by atoms with Crippen molar-refractivity contribution in [3.8, 4) is 29.1 Å².